The molecule has 5 nitrogen and oxygen atoms in total. The second kappa shape index (κ2) is 6.22. The molecule has 0 radical (unpaired) electrons. The van der Waals surface area contributed by atoms with Crippen molar-refractivity contribution in [3.8, 4) is 5.75 Å². The van der Waals surface area contributed by atoms with Crippen molar-refractivity contribution in [1.29, 1.82) is 0 Å². The summed E-state index contributed by atoms with van der Waals surface area (Å²) in [6.45, 7) is 0.432. The Balaban J connectivity index is 1.92. The Morgan fingerprint density at radius 3 is 2.73 bits per heavy atom. The van der Waals surface area contributed by atoms with Gasteiger partial charge in [0.1, 0.15) is 0 Å². The zero-order valence-electron chi connectivity index (χ0n) is 12.1. The van der Waals surface area contributed by atoms with Crippen molar-refractivity contribution in [2.75, 3.05) is 7.11 Å². The minimum Gasteiger partial charge on any atom is -0.494 e. The van der Waals surface area contributed by atoms with E-state index in [-0.39, 0.29) is 5.91 Å². The van der Waals surface area contributed by atoms with Crippen LogP contribution in [0.15, 0.2) is 55.0 Å². The van der Waals surface area contributed by atoms with Gasteiger partial charge in [-0.05, 0) is 23.8 Å². The van der Waals surface area contributed by atoms with Gasteiger partial charge < -0.3 is 10.1 Å². The molecule has 1 amide bonds. The Hall–Kier alpha value is -2.95. The number of methoxy groups -OCH3 is 1. The van der Waals surface area contributed by atoms with Gasteiger partial charge in [0.15, 0.2) is 5.75 Å². The Morgan fingerprint density at radius 2 is 1.95 bits per heavy atom. The molecule has 0 bridgehead atoms. The van der Waals surface area contributed by atoms with Gasteiger partial charge in [-0.15, -0.1) is 0 Å². The molecule has 0 fully saturated rings. The van der Waals surface area contributed by atoms with E-state index in [0.29, 0.717) is 17.9 Å². The van der Waals surface area contributed by atoms with E-state index in [2.05, 4.69) is 15.3 Å². The summed E-state index contributed by atoms with van der Waals surface area (Å²) in [4.78, 5) is 20.8. The summed E-state index contributed by atoms with van der Waals surface area (Å²) in [7, 11) is 1.53. The smallest absolute Gasteiger partial charge is 0.256 e. The van der Waals surface area contributed by atoms with Crippen LogP contribution in [0.5, 0.6) is 5.75 Å². The second-order valence-electron chi connectivity index (χ2n) is 4.76. The molecule has 110 valence electrons. The first kappa shape index (κ1) is 14.0. The van der Waals surface area contributed by atoms with Crippen LogP contribution in [0.3, 0.4) is 0 Å². The van der Waals surface area contributed by atoms with Crippen molar-refractivity contribution in [2.24, 2.45) is 0 Å². The minimum absolute atomic E-state index is 0.188. The lowest BCUT2D eigenvalue weighted by Gasteiger charge is -2.11. The van der Waals surface area contributed by atoms with E-state index in [1.807, 2.05) is 36.4 Å². The second-order valence-corrected chi connectivity index (χ2v) is 4.76. The van der Waals surface area contributed by atoms with E-state index in [4.69, 9.17) is 4.74 Å². The molecule has 22 heavy (non-hydrogen) atoms. The fraction of sp³-hybridized carbons (Fsp3) is 0.118. The molecule has 0 atom stereocenters. The van der Waals surface area contributed by atoms with Gasteiger partial charge in [-0.1, -0.05) is 18.2 Å². The molecule has 5 heteroatoms. The third kappa shape index (κ3) is 2.74. The van der Waals surface area contributed by atoms with E-state index in [1.165, 1.54) is 7.11 Å². The van der Waals surface area contributed by atoms with Gasteiger partial charge in [0.25, 0.3) is 5.91 Å². The van der Waals surface area contributed by atoms with E-state index >= 15 is 0 Å². The number of carbonyl (C=O) groups is 1. The van der Waals surface area contributed by atoms with Crippen molar-refractivity contribution in [3.05, 3.63) is 66.1 Å². The highest BCUT2D eigenvalue weighted by Gasteiger charge is 2.16. The Kier molecular flexibility index (Phi) is 3.96. The highest BCUT2D eigenvalue weighted by atomic mass is 16.5. The van der Waals surface area contributed by atoms with E-state index in [9.17, 15) is 4.79 Å². The molecular weight excluding hydrogens is 278 g/mol. The summed E-state index contributed by atoms with van der Waals surface area (Å²) in [6, 6.07) is 11.2. The van der Waals surface area contributed by atoms with Crippen molar-refractivity contribution in [3.63, 3.8) is 0 Å². The molecule has 0 spiro atoms. The molecule has 0 saturated carbocycles. The quantitative estimate of drug-likeness (QED) is 0.803. The monoisotopic (exact) mass is 293 g/mol. The SMILES string of the molecule is COc1cnc2ccccc2c1C(=O)NCc1ccncc1. The molecular formula is C17H15N3O2. The largest absolute Gasteiger partial charge is 0.494 e. The van der Waals surface area contributed by atoms with Crippen LogP contribution in [0.25, 0.3) is 10.9 Å². The molecule has 3 aromatic rings. The zero-order chi connectivity index (χ0) is 15.4. The number of aromatic nitrogens is 2. The predicted molar refractivity (Wildman–Crippen MR) is 83.7 cm³/mol. The van der Waals surface area contributed by atoms with Crippen molar-refractivity contribution in [1.82, 2.24) is 15.3 Å². The summed E-state index contributed by atoms with van der Waals surface area (Å²) < 4.78 is 5.29. The fourth-order valence-electron chi connectivity index (χ4n) is 2.28. The molecule has 0 saturated heterocycles. The maximum atomic E-state index is 12.6. The Morgan fingerprint density at radius 1 is 1.18 bits per heavy atom. The van der Waals surface area contributed by atoms with E-state index < -0.39 is 0 Å². The van der Waals surface area contributed by atoms with Gasteiger partial charge in [-0.3, -0.25) is 14.8 Å². The standard InChI is InChI=1S/C17H15N3O2/c1-22-15-11-19-14-5-3-2-4-13(14)16(15)17(21)20-10-12-6-8-18-9-7-12/h2-9,11H,10H2,1H3,(H,20,21). The maximum absolute atomic E-state index is 12.6. The van der Waals surface area contributed by atoms with Crippen LogP contribution in [0.1, 0.15) is 15.9 Å². The first-order valence-corrected chi connectivity index (χ1v) is 6.88. The number of rotatable bonds is 4. The van der Waals surface area contributed by atoms with Gasteiger partial charge in [-0.25, -0.2) is 0 Å². The van der Waals surface area contributed by atoms with Crippen molar-refractivity contribution >= 4 is 16.8 Å². The lowest BCUT2D eigenvalue weighted by Crippen LogP contribution is -2.23. The van der Waals surface area contributed by atoms with Gasteiger partial charge in [-0.2, -0.15) is 0 Å². The Labute approximate surface area is 128 Å². The van der Waals surface area contributed by atoms with Crippen LogP contribution in [0.4, 0.5) is 0 Å². The molecule has 2 aromatic heterocycles. The summed E-state index contributed by atoms with van der Waals surface area (Å²) in [5, 5.41) is 3.68. The number of hydrogen-bond donors (Lipinski definition) is 1. The van der Waals surface area contributed by atoms with Gasteiger partial charge in [0.2, 0.25) is 0 Å². The summed E-state index contributed by atoms with van der Waals surface area (Å²) in [5.41, 5.74) is 2.25. The lowest BCUT2D eigenvalue weighted by molar-refractivity contribution is 0.0949. The van der Waals surface area contributed by atoms with Gasteiger partial charge in [0.05, 0.1) is 24.4 Å². The predicted octanol–water partition coefficient (Wildman–Crippen LogP) is 2.57. The average molecular weight is 293 g/mol. The molecule has 3 rings (SSSR count). The maximum Gasteiger partial charge on any atom is 0.256 e. The number of hydrogen-bond acceptors (Lipinski definition) is 4. The summed E-state index contributed by atoms with van der Waals surface area (Å²) in [6.07, 6.45) is 4.97. The fourth-order valence-corrected chi connectivity index (χ4v) is 2.28. The highest BCUT2D eigenvalue weighted by molar-refractivity contribution is 6.08. The van der Waals surface area contributed by atoms with Gasteiger partial charge in [0, 0.05) is 24.3 Å². The van der Waals surface area contributed by atoms with Crippen LogP contribution in [-0.2, 0) is 6.54 Å². The number of ether oxygens (including phenoxy) is 1. The first-order valence-electron chi connectivity index (χ1n) is 6.88. The summed E-state index contributed by atoms with van der Waals surface area (Å²) >= 11 is 0. The molecule has 1 aromatic carbocycles. The molecule has 2 heterocycles. The van der Waals surface area contributed by atoms with Crippen LogP contribution in [0, 0.1) is 0 Å². The van der Waals surface area contributed by atoms with Crippen LogP contribution in [0.2, 0.25) is 0 Å². The molecule has 1 N–H and O–H groups in total. The van der Waals surface area contributed by atoms with Crippen molar-refractivity contribution < 1.29 is 9.53 Å². The summed E-state index contributed by atoms with van der Waals surface area (Å²) in [5.74, 6) is 0.276. The number of amides is 1. The Bertz CT molecular complexity index is 803. The number of nitrogens with zero attached hydrogens (tertiary/aromatic N) is 2. The zero-order valence-corrected chi connectivity index (χ0v) is 12.1. The van der Waals surface area contributed by atoms with Crippen LogP contribution in [-0.4, -0.2) is 23.0 Å². The lowest BCUT2D eigenvalue weighted by atomic mass is 10.1. The average Bonchev–Trinajstić information content (AvgIpc) is 2.59. The van der Waals surface area contributed by atoms with E-state index in [1.54, 1.807) is 18.6 Å². The van der Waals surface area contributed by atoms with Gasteiger partial charge >= 0.3 is 0 Å². The van der Waals surface area contributed by atoms with Crippen LogP contribution >= 0.6 is 0 Å². The number of para-hydroxylation sites is 1. The highest BCUT2D eigenvalue weighted by Crippen LogP contribution is 2.25. The van der Waals surface area contributed by atoms with Crippen LogP contribution < -0.4 is 10.1 Å². The molecule has 0 unspecified atom stereocenters. The molecule has 0 aliphatic carbocycles. The number of carbonyl (C=O) groups excluding carboxylic acids is 1. The minimum atomic E-state index is -0.188. The third-order valence-electron chi connectivity index (χ3n) is 3.39. The van der Waals surface area contributed by atoms with E-state index in [0.717, 1.165) is 16.5 Å². The number of benzene rings is 1. The molecule has 0 aliphatic rings. The molecule has 0 aliphatic heterocycles. The topological polar surface area (TPSA) is 64.1 Å². The first-order chi connectivity index (χ1) is 10.8. The number of fused-ring (bicyclic) bond motifs is 1. The normalized spacial score (nSPS) is 10.4. The number of pyridine rings is 2. The third-order valence-corrected chi connectivity index (χ3v) is 3.39. The van der Waals surface area contributed by atoms with Crippen molar-refractivity contribution in [2.45, 2.75) is 6.54 Å². The number of nitrogens with one attached hydrogen (secondary N) is 1.